The number of rotatable bonds is 6. The third-order valence-corrected chi connectivity index (χ3v) is 2.98. The van der Waals surface area contributed by atoms with Crippen LogP contribution in [0.2, 0.25) is 0 Å². The summed E-state index contributed by atoms with van der Waals surface area (Å²) in [7, 11) is 0. The number of aliphatic hydroxyl groups is 1. The number of pyridine rings is 1. The summed E-state index contributed by atoms with van der Waals surface area (Å²) in [6.45, 7) is 6.58. The molecule has 6 N–H and O–H groups in total. The molecule has 7 heteroatoms. The standard InChI is InChI=1S/C16H23N5O2/c1-5-19-13(17)9-11(10(2)15(18)22)20-14-8-6-7-12(21-14)16(3,4)23/h5-9,23H,17H2,1-4H3,(H2,18,22)(H,20,21)/b11-10-,13-9-,19-5-. The fourth-order valence-electron chi connectivity index (χ4n) is 1.69. The van der Waals surface area contributed by atoms with E-state index < -0.39 is 11.5 Å². The average Bonchev–Trinajstić information content (AvgIpc) is 2.45. The van der Waals surface area contributed by atoms with Crippen LogP contribution >= 0.6 is 0 Å². The first-order chi connectivity index (χ1) is 10.6. The Kier molecular flexibility index (Phi) is 6.03. The van der Waals surface area contributed by atoms with Crippen LogP contribution in [0.1, 0.15) is 33.4 Å². The molecule has 0 aliphatic carbocycles. The molecule has 1 heterocycles. The number of nitrogens with two attached hydrogens (primary N) is 2. The van der Waals surface area contributed by atoms with Gasteiger partial charge in [0.25, 0.3) is 0 Å². The van der Waals surface area contributed by atoms with Crippen LogP contribution in [0.3, 0.4) is 0 Å². The van der Waals surface area contributed by atoms with Gasteiger partial charge in [-0.2, -0.15) is 0 Å². The lowest BCUT2D eigenvalue weighted by atomic mass is 10.1. The van der Waals surface area contributed by atoms with E-state index in [1.165, 1.54) is 12.3 Å². The van der Waals surface area contributed by atoms with E-state index in [1.807, 2.05) is 0 Å². The number of carbonyl (C=O) groups is 1. The van der Waals surface area contributed by atoms with Gasteiger partial charge in [0.05, 0.1) is 11.4 Å². The second kappa shape index (κ2) is 7.55. The largest absolute Gasteiger partial charge is 0.384 e. The molecule has 124 valence electrons. The first kappa shape index (κ1) is 18.4. The molecule has 0 aromatic carbocycles. The van der Waals surface area contributed by atoms with Crippen molar-refractivity contribution in [2.24, 2.45) is 16.5 Å². The predicted octanol–water partition coefficient (Wildman–Crippen LogP) is 1.37. The molecule has 0 atom stereocenters. The van der Waals surface area contributed by atoms with E-state index >= 15 is 0 Å². The molecule has 23 heavy (non-hydrogen) atoms. The van der Waals surface area contributed by atoms with Gasteiger partial charge in [0.15, 0.2) is 0 Å². The number of aromatic nitrogens is 1. The van der Waals surface area contributed by atoms with Gasteiger partial charge in [-0.3, -0.25) is 4.79 Å². The maximum absolute atomic E-state index is 11.5. The Morgan fingerprint density at radius 3 is 2.57 bits per heavy atom. The number of hydrogen-bond acceptors (Lipinski definition) is 6. The minimum atomic E-state index is -1.08. The molecule has 0 saturated heterocycles. The number of allylic oxidation sites excluding steroid dienone is 1. The minimum Gasteiger partial charge on any atom is -0.384 e. The minimum absolute atomic E-state index is 0.217. The number of nitrogens with zero attached hydrogens (tertiary/aromatic N) is 2. The van der Waals surface area contributed by atoms with Crippen molar-refractivity contribution in [2.45, 2.75) is 33.3 Å². The SMILES string of the molecule is C\C=N/C(N)=C\C(Nc1cccc(C(C)(C)O)n1)=C(/C)C(N)=O. The predicted molar refractivity (Wildman–Crippen MR) is 91.4 cm³/mol. The summed E-state index contributed by atoms with van der Waals surface area (Å²) >= 11 is 0. The highest BCUT2D eigenvalue weighted by Crippen LogP contribution is 2.20. The van der Waals surface area contributed by atoms with E-state index in [0.29, 0.717) is 17.2 Å². The van der Waals surface area contributed by atoms with Crippen molar-refractivity contribution >= 4 is 17.9 Å². The Balaban J connectivity index is 3.25. The van der Waals surface area contributed by atoms with Crippen LogP contribution < -0.4 is 16.8 Å². The Hall–Kier alpha value is -2.67. The molecule has 0 fully saturated rings. The lowest BCUT2D eigenvalue weighted by Gasteiger charge is -2.18. The smallest absolute Gasteiger partial charge is 0.246 e. The number of amides is 1. The van der Waals surface area contributed by atoms with Crippen molar-refractivity contribution in [2.75, 3.05) is 5.32 Å². The molecule has 1 aromatic heterocycles. The van der Waals surface area contributed by atoms with Gasteiger partial charge in [-0.1, -0.05) is 6.07 Å². The Morgan fingerprint density at radius 2 is 2.04 bits per heavy atom. The number of aliphatic imine (C=N–C) groups is 1. The van der Waals surface area contributed by atoms with Crippen LogP contribution in [0.4, 0.5) is 5.82 Å². The van der Waals surface area contributed by atoms with Gasteiger partial charge in [-0.25, -0.2) is 9.98 Å². The first-order valence-corrected chi connectivity index (χ1v) is 7.08. The number of hydrogen-bond donors (Lipinski definition) is 4. The highest BCUT2D eigenvalue weighted by Gasteiger charge is 2.18. The van der Waals surface area contributed by atoms with Crippen molar-refractivity contribution in [1.82, 2.24) is 4.98 Å². The van der Waals surface area contributed by atoms with Gasteiger partial charge in [0, 0.05) is 17.9 Å². The van der Waals surface area contributed by atoms with E-state index in [4.69, 9.17) is 11.5 Å². The molecule has 0 spiro atoms. The normalized spacial score (nSPS) is 13.9. The molecular weight excluding hydrogens is 294 g/mol. The summed E-state index contributed by atoms with van der Waals surface area (Å²) in [5, 5.41) is 13.0. The van der Waals surface area contributed by atoms with Crippen LogP contribution in [0, 0.1) is 0 Å². The summed E-state index contributed by atoms with van der Waals surface area (Å²) in [5.41, 5.74) is 11.2. The Labute approximate surface area is 135 Å². The van der Waals surface area contributed by atoms with Gasteiger partial charge in [-0.15, -0.1) is 0 Å². The van der Waals surface area contributed by atoms with Gasteiger partial charge in [-0.05, 0) is 39.8 Å². The van der Waals surface area contributed by atoms with E-state index in [1.54, 1.807) is 45.9 Å². The van der Waals surface area contributed by atoms with E-state index in [0.717, 1.165) is 0 Å². The average molecular weight is 317 g/mol. The summed E-state index contributed by atoms with van der Waals surface area (Å²) in [6, 6.07) is 5.16. The van der Waals surface area contributed by atoms with Crippen LogP contribution in [-0.4, -0.2) is 22.2 Å². The lowest BCUT2D eigenvalue weighted by molar-refractivity contribution is -0.114. The molecule has 1 rings (SSSR count). The van der Waals surface area contributed by atoms with Crippen LogP contribution in [-0.2, 0) is 10.4 Å². The zero-order chi connectivity index (χ0) is 17.6. The van der Waals surface area contributed by atoms with Crippen molar-refractivity contribution in [3.05, 3.63) is 47.1 Å². The maximum Gasteiger partial charge on any atom is 0.246 e. The second-order valence-electron chi connectivity index (χ2n) is 5.45. The third-order valence-electron chi connectivity index (χ3n) is 2.98. The fourth-order valence-corrected chi connectivity index (χ4v) is 1.69. The zero-order valence-corrected chi connectivity index (χ0v) is 13.8. The summed E-state index contributed by atoms with van der Waals surface area (Å²) in [4.78, 5) is 19.7. The molecule has 1 aromatic rings. The zero-order valence-electron chi connectivity index (χ0n) is 13.8. The summed E-state index contributed by atoms with van der Waals surface area (Å²) in [5.74, 6) is 0.0784. The fraction of sp³-hybridized carbons (Fsp3) is 0.312. The molecule has 0 saturated carbocycles. The topological polar surface area (TPSA) is 127 Å². The number of nitrogens with one attached hydrogen (secondary N) is 1. The van der Waals surface area contributed by atoms with E-state index in [-0.39, 0.29) is 11.4 Å². The van der Waals surface area contributed by atoms with Gasteiger partial charge < -0.3 is 21.9 Å². The molecular formula is C16H23N5O2. The number of carbonyl (C=O) groups excluding carboxylic acids is 1. The second-order valence-corrected chi connectivity index (χ2v) is 5.45. The highest BCUT2D eigenvalue weighted by atomic mass is 16.3. The highest BCUT2D eigenvalue weighted by molar-refractivity contribution is 5.93. The quantitative estimate of drug-likeness (QED) is 0.358. The van der Waals surface area contributed by atoms with Crippen molar-refractivity contribution in [3.8, 4) is 0 Å². The molecule has 1 amide bonds. The first-order valence-electron chi connectivity index (χ1n) is 7.08. The van der Waals surface area contributed by atoms with Crippen LogP contribution in [0.5, 0.6) is 0 Å². The molecule has 0 radical (unpaired) electrons. The molecule has 0 unspecified atom stereocenters. The molecule has 7 nitrogen and oxygen atoms in total. The maximum atomic E-state index is 11.5. The van der Waals surface area contributed by atoms with Gasteiger partial charge in [0.1, 0.15) is 17.2 Å². The van der Waals surface area contributed by atoms with Gasteiger partial charge >= 0.3 is 0 Å². The van der Waals surface area contributed by atoms with Crippen molar-refractivity contribution in [3.63, 3.8) is 0 Å². The van der Waals surface area contributed by atoms with Crippen LogP contribution in [0.25, 0.3) is 0 Å². The van der Waals surface area contributed by atoms with Crippen molar-refractivity contribution < 1.29 is 9.90 Å². The number of primary amides is 1. The van der Waals surface area contributed by atoms with Gasteiger partial charge in [0.2, 0.25) is 5.91 Å². The van der Waals surface area contributed by atoms with Crippen molar-refractivity contribution in [1.29, 1.82) is 0 Å². The monoisotopic (exact) mass is 317 g/mol. The summed E-state index contributed by atoms with van der Waals surface area (Å²) in [6.07, 6.45) is 3.04. The summed E-state index contributed by atoms with van der Waals surface area (Å²) < 4.78 is 0. The Morgan fingerprint density at radius 1 is 1.39 bits per heavy atom. The third kappa shape index (κ3) is 5.55. The van der Waals surface area contributed by atoms with Crippen LogP contribution in [0.15, 0.2) is 46.4 Å². The lowest BCUT2D eigenvalue weighted by Crippen LogP contribution is -2.19. The van der Waals surface area contributed by atoms with E-state index in [9.17, 15) is 9.90 Å². The van der Waals surface area contributed by atoms with E-state index in [2.05, 4.69) is 15.3 Å². The number of anilines is 1. The molecule has 0 bridgehead atoms. The Bertz CT molecular complexity index is 669. The molecule has 0 aliphatic rings. The molecule has 0 aliphatic heterocycles.